The Morgan fingerprint density at radius 3 is 2.36 bits per heavy atom. The summed E-state index contributed by atoms with van der Waals surface area (Å²) < 4.78 is 39.3. The molecule has 28 heavy (non-hydrogen) atoms. The Hall–Kier alpha value is -2.93. The third-order valence-corrected chi connectivity index (χ3v) is 5.11. The summed E-state index contributed by atoms with van der Waals surface area (Å²) in [5.41, 5.74) is 3.34. The van der Waals surface area contributed by atoms with Crippen LogP contribution in [0.4, 0.5) is 10.1 Å². The van der Waals surface area contributed by atoms with Gasteiger partial charge in [-0.15, -0.1) is 0 Å². The predicted molar refractivity (Wildman–Crippen MR) is 108 cm³/mol. The van der Waals surface area contributed by atoms with Crippen molar-refractivity contribution in [2.45, 2.75) is 19.8 Å². The van der Waals surface area contributed by atoms with Gasteiger partial charge >= 0.3 is 0 Å². The zero-order chi connectivity index (χ0) is 20.5. The van der Waals surface area contributed by atoms with E-state index in [9.17, 15) is 17.6 Å². The maximum absolute atomic E-state index is 14.5. The van der Waals surface area contributed by atoms with Crippen LogP contribution in [-0.2, 0) is 10.0 Å². The van der Waals surface area contributed by atoms with E-state index < -0.39 is 15.8 Å². The van der Waals surface area contributed by atoms with Gasteiger partial charge in [-0.2, -0.15) is 0 Å². The van der Waals surface area contributed by atoms with Crippen LogP contribution in [-0.4, -0.2) is 25.4 Å². The van der Waals surface area contributed by atoms with Crippen LogP contribution in [0, 0.1) is 12.7 Å². The van der Waals surface area contributed by atoms with Gasteiger partial charge < -0.3 is 4.98 Å². The van der Waals surface area contributed by atoms with E-state index in [1.165, 1.54) is 12.1 Å². The van der Waals surface area contributed by atoms with Gasteiger partial charge in [-0.05, 0) is 36.8 Å². The third kappa shape index (κ3) is 4.48. The number of hydrogen-bond donors (Lipinski definition) is 2. The number of halogens is 1. The summed E-state index contributed by atoms with van der Waals surface area (Å²) in [6.45, 7) is 3.77. The Balaban J connectivity index is 1.83. The highest BCUT2D eigenvalue weighted by Crippen LogP contribution is 2.28. The van der Waals surface area contributed by atoms with Gasteiger partial charge in [0.15, 0.2) is 0 Å². The molecule has 0 saturated heterocycles. The second kappa shape index (κ2) is 7.59. The lowest BCUT2D eigenvalue weighted by Crippen LogP contribution is -2.10. The Labute approximate surface area is 163 Å². The lowest BCUT2D eigenvalue weighted by Gasteiger charge is -2.13. The minimum absolute atomic E-state index is 0.133. The van der Waals surface area contributed by atoms with Crippen LogP contribution in [0.2, 0.25) is 0 Å². The number of anilines is 1. The van der Waals surface area contributed by atoms with Crippen molar-refractivity contribution >= 4 is 21.5 Å². The van der Waals surface area contributed by atoms with Crippen molar-refractivity contribution in [3.05, 3.63) is 88.5 Å². The van der Waals surface area contributed by atoms with Gasteiger partial charge in [0.2, 0.25) is 15.8 Å². The molecule has 0 amide bonds. The molecule has 1 heterocycles. The summed E-state index contributed by atoms with van der Waals surface area (Å²) in [7, 11) is -3.47. The molecule has 3 aromatic rings. The highest BCUT2D eigenvalue weighted by atomic mass is 32.2. The third-order valence-electron chi connectivity index (χ3n) is 4.50. The second-order valence-electron chi connectivity index (χ2n) is 6.85. The molecule has 1 aromatic heterocycles. The Bertz CT molecular complexity index is 1120. The van der Waals surface area contributed by atoms with Crippen LogP contribution in [0.5, 0.6) is 0 Å². The van der Waals surface area contributed by atoms with Crippen molar-refractivity contribution < 1.29 is 17.6 Å². The van der Waals surface area contributed by atoms with E-state index in [-0.39, 0.29) is 17.4 Å². The van der Waals surface area contributed by atoms with Gasteiger partial charge in [0.25, 0.3) is 0 Å². The van der Waals surface area contributed by atoms with Gasteiger partial charge in [0.1, 0.15) is 5.82 Å². The summed E-state index contributed by atoms with van der Waals surface area (Å²) in [4.78, 5) is 15.7. The van der Waals surface area contributed by atoms with Crippen LogP contribution in [0.3, 0.4) is 0 Å². The van der Waals surface area contributed by atoms with Gasteiger partial charge in [-0.3, -0.25) is 9.52 Å². The lowest BCUT2D eigenvalue weighted by molar-refractivity contribution is 0.103. The number of ketones is 1. The van der Waals surface area contributed by atoms with Crippen molar-refractivity contribution in [3.8, 4) is 0 Å². The number of sulfonamides is 1. The highest BCUT2D eigenvalue weighted by molar-refractivity contribution is 7.92. The zero-order valence-corrected chi connectivity index (χ0v) is 16.6. The normalized spacial score (nSPS) is 12.6. The summed E-state index contributed by atoms with van der Waals surface area (Å²) in [6.07, 6.45) is 1.01. The van der Waals surface area contributed by atoms with Crippen molar-refractivity contribution in [1.29, 1.82) is 0 Å². The number of carbonyl (C=O) groups excluding carboxylic acids is 1. The number of aromatic amines is 1. The number of carbonyl (C=O) groups is 1. The molecular weight excluding hydrogens is 379 g/mol. The largest absolute Gasteiger partial charge is 0.355 e. The zero-order valence-electron chi connectivity index (χ0n) is 15.8. The fourth-order valence-electron chi connectivity index (χ4n) is 2.98. The molecule has 0 aliphatic carbocycles. The fraction of sp³-hybridized carbons (Fsp3) is 0.190. The molecule has 0 saturated carbocycles. The molecule has 2 aromatic carbocycles. The minimum Gasteiger partial charge on any atom is -0.355 e. The van der Waals surface area contributed by atoms with Gasteiger partial charge in [0.05, 0.1) is 17.6 Å². The Morgan fingerprint density at radius 2 is 1.75 bits per heavy atom. The average molecular weight is 400 g/mol. The smallest absolute Gasteiger partial charge is 0.229 e. The molecule has 0 fully saturated rings. The molecule has 1 unspecified atom stereocenters. The van der Waals surface area contributed by atoms with Crippen molar-refractivity contribution in [3.63, 3.8) is 0 Å². The Kier molecular flexibility index (Phi) is 5.38. The summed E-state index contributed by atoms with van der Waals surface area (Å²) in [6, 6.07) is 14.9. The first-order chi connectivity index (χ1) is 13.1. The van der Waals surface area contributed by atoms with E-state index in [1.54, 1.807) is 24.3 Å². The SMILES string of the molecule is Cc1ccc(C(=O)c2ccc(C(C)c3ccc(NS(C)(=O)=O)cc3F)[nH]2)cc1. The monoisotopic (exact) mass is 400 g/mol. The predicted octanol–water partition coefficient (Wildman–Crippen LogP) is 4.22. The van der Waals surface area contributed by atoms with E-state index in [0.717, 1.165) is 17.9 Å². The summed E-state index contributed by atoms with van der Waals surface area (Å²) in [5.74, 6) is -0.999. The topological polar surface area (TPSA) is 79.0 Å². The number of benzene rings is 2. The molecule has 0 spiro atoms. The second-order valence-corrected chi connectivity index (χ2v) is 8.60. The number of H-pyrrole nitrogens is 1. The van der Waals surface area contributed by atoms with E-state index in [0.29, 0.717) is 22.5 Å². The molecule has 1 atom stereocenters. The van der Waals surface area contributed by atoms with Crippen molar-refractivity contribution in [2.24, 2.45) is 0 Å². The average Bonchev–Trinajstić information content (AvgIpc) is 3.10. The number of aromatic nitrogens is 1. The van der Waals surface area contributed by atoms with E-state index >= 15 is 0 Å². The van der Waals surface area contributed by atoms with Crippen molar-refractivity contribution in [2.75, 3.05) is 11.0 Å². The summed E-state index contributed by atoms with van der Waals surface area (Å²) in [5, 5.41) is 0. The maximum Gasteiger partial charge on any atom is 0.229 e. The number of hydrogen-bond acceptors (Lipinski definition) is 3. The van der Waals surface area contributed by atoms with Crippen LogP contribution in [0.1, 0.15) is 45.7 Å². The van der Waals surface area contributed by atoms with Crippen molar-refractivity contribution in [1.82, 2.24) is 4.98 Å². The first-order valence-corrected chi connectivity index (χ1v) is 10.6. The fourth-order valence-corrected chi connectivity index (χ4v) is 3.54. The minimum atomic E-state index is -3.47. The molecule has 0 aliphatic rings. The summed E-state index contributed by atoms with van der Waals surface area (Å²) >= 11 is 0. The first-order valence-electron chi connectivity index (χ1n) is 8.71. The molecule has 0 radical (unpaired) electrons. The number of rotatable bonds is 6. The molecule has 146 valence electrons. The standard InChI is InChI=1S/C21H21FN2O3S/c1-13-4-6-15(7-5-13)21(25)20-11-10-19(23-20)14(2)17-9-8-16(12-18(17)22)24-28(3,26)27/h4-12,14,23-24H,1-3H3. The van der Waals surface area contributed by atoms with Crippen LogP contribution in [0.25, 0.3) is 0 Å². The molecule has 0 aliphatic heterocycles. The maximum atomic E-state index is 14.5. The van der Waals surface area contributed by atoms with Gasteiger partial charge in [-0.1, -0.05) is 42.8 Å². The molecule has 2 N–H and O–H groups in total. The van der Waals surface area contributed by atoms with Crippen LogP contribution in [0.15, 0.2) is 54.6 Å². The number of nitrogens with one attached hydrogen (secondary N) is 2. The van der Waals surface area contributed by atoms with E-state index in [2.05, 4.69) is 9.71 Å². The molecule has 3 rings (SSSR count). The molecule has 5 nitrogen and oxygen atoms in total. The highest BCUT2D eigenvalue weighted by Gasteiger charge is 2.18. The van der Waals surface area contributed by atoms with Gasteiger partial charge in [-0.25, -0.2) is 12.8 Å². The van der Waals surface area contributed by atoms with E-state index in [4.69, 9.17) is 0 Å². The van der Waals surface area contributed by atoms with Crippen LogP contribution >= 0.6 is 0 Å². The quantitative estimate of drug-likeness (QED) is 0.608. The number of aryl methyl sites for hydroxylation is 1. The molecule has 7 heteroatoms. The molecule has 0 bridgehead atoms. The lowest BCUT2D eigenvalue weighted by atomic mass is 9.97. The van der Waals surface area contributed by atoms with Gasteiger partial charge in [0, 0.05) is 17.2 Å². The van der Waals surface area contributed by atoms with Crippen LogP contribution < -0.4 is 4.72 Å². The molecular formula is C21H21FN2O3S. The Morgan fingerprint density at radius 1 is 1.07 bits per heavy atom. The first kappa shape index (κ1) is 19.8. The van der Waals surface area contributed by atoms with E-state index in [1.807, 2.05) is 26.0 Å².